The molecule has 0 atom stereocenters. The van der Waals surface area contributed by atoms with Crippen molar-refractivity contribution in [2.45, 2.75) is 26.8 Å². The Morgan fingerprint density at radius 3 is 2.44 bits per heavy atom. The molecule has 0 radical (unpaired) electrons. The van der Waals surface area contributed by atoms with Crippen LogP contribution < -0.4 is 10.9 Å². The van der Waals surface area contributed by atoms with Gasteiger partial charge in [0.05, 0.1) is 30.5 Å². The second-order valence-electron chi connectivity index (χ2n) is 7.30. The highest BCUT2D eigenvalue weighted by molar-refractivity contribution is 7.20. The number of benzene rings is 1. The van der Waals surface area contributed by atoms with Gasteiger partial charge in [-0.1, -0.05) is 6.92 Å². The van der Waals surface area contributed by atoms with Crippen molar-refractivity contribution in [3.8, 4) is 0 Å². The standard InChI is InChI=1S/C23H25N3O7S/c1-4-9-32-22(29)15-5-7-16(8-6-15)25-17(27)12-26-13-24-20-18(21(26)28)14(2)19(34-20)23(30)33-11-10-31-3/h5-8,13H,4,9-12H2,1-3H3,(H,25,27). The van der Waals surface area contributed by atoms with E-state index in [-0.39, 0.29) is 30.0 Å². The highest BCUT2D eigenvalue weighted by Gasteiger charge is 2.21. The smallest absolute Gasteiger partial charge is 0.348 e. The summed E-state index contributed by atoms with van der Waals surface area (Å²) in [5.41, 5.74) is 0.868. The first-order chi connectivity index (χ1) is 16.3. The number of ether oxygens (including phenoxy) is 3. The van der Waals surface area contributed by atoms with Gasteiger partial charge in [0.15, 0.2) is 0 Å². The van der Waals surface area contributed by atoms with Crippen LogP contribution in [0.15, 0.2) is 35.4 Å². The predicted molar refractivity (Wildman–Crippen MR) is 126 cm³/mol. The topological polar surface area (TPSA) is 126 Å². The molecular formula is C23H25N3O7S. The van der Waals surface area contributed by atoms with Gasteiger partial charge in [0.2, 0.25) is 5.91 Å². The molecule has 2 heterocycles. The van der Waals surface area contributed by atoms with Crippen LogP contribution in [0, 0.1) is 6.92 Å². The molecule has 0 aliphatic carbocycles. The number of hydrogen-bond acceptors (Lipinski definition) is 9. The molecular weight excluding hydrogens is 462 g/mol. The number of aryl methyl sites for hydroxylation is 1. The third-order valence-electron chi connectivity index (χ3n) is 4.78. The molecule has 3 rings (SSSR count). The summed E-state index contributed by atoms with van der Waals surface area (Å²) >= 11 is 1.06. The number of anilines is 1. The van der Waals surface area contributed by atoms with E-state index in [0.717, 1.165) is 17.8 Å². The highest BCUT2D eigenvalue weighted by atomic mass is 32.1. The van der Waals surface area contributed by atoms with Crippen LogP contribution in [0.2, 0.25) is 0 Å². The van der Waals surface area contributed by atoms with E-state index >= 15 is 0 Å². The summed E-state index contributed by atoms with van der Waals surface area (Å²) in [4.78, 5) is 54.6. The molecule has 0 unspecified atom stereocenters. The number of hydrogen-bond donors (Lipinski definition) is 1. The molecule has 0 saturated carbocycles. The Bertz CT molecular complexity index is 1250. The molecule has 0 aliphatic heterocycles. The van der Waals surface area contributed by atoms with E-state index in [1.807, 2.05) is 6.92 Å². The van der Waals surface area contributed by atoms with E-state index in [9.17, 15) is 19.2 Å². The summed E-state index contributed by atoms with van der Waals surface area (Å²) in [6.45, 7) is 3.98. The maximum Gasteiger partial charge on any atom is 0.348 e. The Balaban J connectivity index is 1.71. The van der Waals surface area contributed by atoms with Crippen LogP contribution in [0.1, 0.15) is 38.9 Å². The molecule has 1 aromatic carbocycles. The van der Waals surface area contributed by atoms with Gasteiger partial charge in [-0.3, -0.25) is 14.2 Å². The lowest BCUT2D eigenvalue weighted by molar-refractivity contribution is -0.116. The lowest BCUT2D eigenvalue weighted by atomic mass is 10.2. The fourth-order valence-electron chi connectivity index (χ4n) is 3.07. The fraction of sp³-hybridized carbons (Fsp3) is 0.348. The second-order valence-corrected chi connectivity index (χ2v) is 8.30. The first kappa shape index (κ1) is 25.1. The van der Waals surface area contributed by atoms with Crippen molar-refractivity contribution < 1.29 is 28.6 Å². The number of fused-ring (bicyclic) bond motifs is 1. The molecule has 2 aromatic heterocycles. The average Bonchev–Trinajstić information content (AvgIpc) is 3.17. The number of methoxy groups -OCH3 is 1. The van der Waals surface area contributed by atoms with Crippen molar-refractivity contribution in [1.82, 2.24) is 9.55 Å². The molecule has 3 aromatic rings. The molecule has 0 saturated heterocycles. The third-order valence-corrected chi connectivity index (χ3v) is 5.96. The van der Waals surface area contributed by atoms with Crippen molar-refractivity contribution in [3.05, 3.63) is 57.0 Å². The monoisotopic (exact) mass is 487 g/mol. The van der Waals surface area contributed by atoms with Gasteiger partial charge < -0.3 is 19.5 Å². The molecule has 1 amide bonds. The number of carbonyl (C=O) groups excluding carboxylic acids is 3. The first-order valence-electron chi connectivity index (χ1n) is 10.6. The molecule has 0 fully saturated rings. The maximum atomic E-state index is 13.0. The predicted octanol–water partition coefficient (Wildman–Crippen LogP) is 2.78. The summed E-state index contributed by atoms with van der Waals surface area (Å²) in [5, 5.41) is 2.95. The van der Waals surface area contributed by atoms with E-state index < -0.39 is 23.4 Å². The van der Waals surface area contributed by atoms with Gasteiger partial charge in [-0.05, 0) is 43.2 Å². The van der Waals surface area contributed by atoms with Crippen molar-refractivity contribution >= 4 is 45.1 Å². The SMILES string of the molecule is CCCOC(=O)c1ccc(NC(=O)Cn2cnc3sc(C(=O)OCCOC)c(C)c3c2=O)cc1. The zero-order valence-corrected chi connectivity index (χ0v) is 19.9. The summed E-state index contributed by atoms with van der Waals surface area (Å²) < 4.78 is 16.2. The number of nitrogens with zero attached hydrogens (tertiary/aromatic N) is 2. The van der Waals surface area contributed by atoms with Gasteiger partial charge in [-0.2, -0.15) is 0 Å². The summed E-state index contributed by atoms with van der Waals surface area (Å²) in [7, 11) is 1.50. The van der Waals surface area contributed by atoms with Crippen molar-refractivity contribution in [2.75, 3.05) is 32.2 Å². The van der Waals surface area contributed by atoms with E-state index in [0.29, 0.717) is 28.3 Å². The van der Waals surface area contributed by atoms with Crippen LogP contribution in [0.5, 0.6) is 0 Å². The summed E-state index contributed by atoms with van der Waals surface area (Å²) in [6.07, 6.45) is 2.00. The molecule has 34 heavy (non-hydrogen) atoms. The van der Waals surface area contributed by atoms with E-state index in [2.05, 4.69) is 10.3 Å². The van der Waals surface area contributed by atoms with E-state index in [1.54, 1.807) is 31.2 Å². The normalized spacial score (nSPS) is 10.8. The van der Waals surface area contributed by atoms with Crippen LogP contribution in [0.4, 0.5) is 5.69 Å². The lowest BCUT2D eigenvalue weighted by Crippen LogP contribution is -2.28. The third kappa shape index (κ3) is 5.86. The van der Waals surface area contributed by atoms with Gasteiger partial charge in [0.1, 0.15) is 22.9 Å². The number of carbonyl (C=O) groups is 3. The van der Waals surface area contributed by atoms with Gasteiger partial charge in [-0.15, -0.1) is 11.3 Å². The first-order valence-corrected chi connectivity index (χ1v) is 11.4. The second kappa shape index (κ2) is 11.5. The minimum atomic E-state index is -0.553. The zero-order chi connectivity index (χ0) is 24.7. The number of nitrogens with one attached hydrogen (secondary N) is 1. The fourth-order valence-corrected chi connectivity index (χ4v) is 4.11. The molecule has 0 aliphatic rings. The molecule has 1 N–H and O–H groups in total. The van der Waals surface area contributed by atoms with E-state index in [4.69, 9.17) is 14.2 Å². The maximum absolute atomic E-state index is 13.0. The Hall–Kier alpha value is -3.57. The molecule has 0 spiro atoms. The van der Waals surface area contributed by atoms with Gasteiger partial charge in [0.25, 0.3) is 5.56 Å². The van der Waals surface area contributed by atoms with Crippen molar-refractivity contribution in [3.63, 3.8) is 0 Å². The van der Waals surface area contributed by atoms with Crippen molar-refractivity contribution in [1.29, 1.82) is 0 Å². The number of aromatic nitrogens is 2. The van der Waals surface area contributed by atoms with Crippen molar-refractivity contribution in [2.24, 2.45) is 0 Å². The highest BCUT2D eigenvalue weighted by Crippen LogP contribution is 2.27. The molecule has 180 valence electrons. The van der Waals surface area contributed by atoms with Gasteiger partial charge >= 0.3 is 11.9 Å². The number of esters is 2. The number of rotatable bonds is 10. The minimum absolute atomic E-state index is 0.0990. The van der Waals surface area contributed by atoms with Crippen LogP contribution in [0.3, 0.4) is 0 Å². The van der Waals surface area contributed by atoms with Crippen LogP contribution in [-0.4, -0.2) is 54.3 Å². The summed E-state index contributed by atoms with van der Waals surface area (Å²) in [6, 6.07) is 6.26. The van der Waals surface area contributed by atoms with Gasteiger partial charge in [-0.25, -0.2) is 14.6 Å². The Morgan fingerprint density at radius 1 is 1.06 bits per heavy atom. The van der Waals surface area contributed by atoms with E-state index in [1.165, 1.54) is 18.0 Å². The quantitative estimate of drug-likeness (QED) is 0.342. The Labute approximate surface area is 199 Å². The van der Waals surface area contributed by atoms with Crippen LogP contribution in [0.25, 0.3) is 10.2 Å². The Morgan fingerprint density at radius 2 is 1.76 bits per heavy atom. The average molecular weight is 488 g/mol. The van der Waals surface area contributed by atoms with Crippen LogP contribution >= 0.6 is 11.3 Å². The lowest BCUT2D eigenvalue weighted by Gasteiger charge is -2.08. The van der Waals surface area contributed by atoms with Gasteiger partial charge in [0, 0.05) is 12.8 Å². The largest absolute Gasteiger partial charge is 0.462 e. The Kier molecular flexibility index (Phi) is 8.50. The molecule has 0 bridgehead atoms. The van der Waals surface area contributed by atoms with Crippen LogP contribution in [-0.2, 0) is 25.5 Å². The number of thiophene rings is 1. The zero-order valence-electron chi connectivity index (χ0n) is 19.1. The molecule has 10 nitrogen and oxygen atoms in total. The minimum Gasteiger partial charge on any atom is -0.462 e. The molecule has 11 heteroatoms. The number of amides is 1. The summed E-state index contributed by atoms with van der Waals surface area (Å²) in [5.74, 6) is -1.43.